The molecular formula is C37H44N8O4. The zero-order valence-electron chi connectivity index (χ0n) is 28.5. The summed E-state index contributed by atoms with van der Waals surface area (Å²) >= 11 is 0. The fraction of sp³-hybridized carbons (Fsp3) is 0.459. The number of anilines is 4. The number of hydrogen-bond acceptors (Lipinski definition) is 10. The Morgan fingerprint density at radius 1 is 1.08 bits per heavy atom. The van der Waals surface area contributed by atoms with E-state index in [1.54, 1.807) is 37.8 Å². The summed E-state index contributed by atoms with van der Waals surface area (Å²) in [6.07, 6.45) is 13.1. The Balaban J connectivity index is 1.03. The fourth-order valence-corrected chi connectivity index (χ4v) is 8.35. The van der Waals surface area contributed by atoms with Crippen molar-refractivity contribution in [1.29, 1.82) is 0 Å². The molecule has 5 aliphatic rings. The SMILES string of the molecule is C[C@H]1CN(C2COC2)CCN1c1ccc(Nc2cc(-c3ccnc(N4C=CN5C(=CC6CC(C)(C)CC65)C4=O)c3CO)cn(C)c2=O)nc1. The van der Waals surface area contributed by atoms with Gasteiger partial charge in [-0.05, 0) is 61.1 Å². The smallest absolute Gasteiger partial charge is 0.279 e. The Kier molecular flexibility index (Phi) is 7.84. The Bertz CT molecular complexity index is 1900. The van der Waals surface area contributed by atoms with E-state index in [4.69, 9.17) is 4.74 Å². The van der Waals surface area contributed by atoms with Crippen molar-refractivity contribution in [3.05, 3.63) is 82.9 Å². The average molecular weight is 665 g/mol. The van der Waals surface area contributed by atoms with E-state index in [1.165, 1.54) is 9.47 Å². The van der Waals surface area contributed by atoms with E-state index in [0.717, 1.165) is 51.4 Å². The van der Waals surface area contributed by atoms with Crippen molar-refractivity contribution in [3.8, 4) is 11.1 Å². The van der Waals surface area contributed by atoms with Gasteiger partial charge in [0.05, 0.1) is 37.7 Å². The van der Waals surface area contributed by atoms with Crippen molar-refractivity contribution in [2.75, 3.05) is 48.0 Å². The van der Waals surface area contributed by atoms with Gasteiger partial charge in [-0.3, -0.25) is 19.4 Å². The predicted molar refractivity (Wildman–Crippen MR) is 188 cm³/mol. The van der Waals surface area contributed by atoms with Crippen LogP contribution < -0.4 is 20.7 Å². The van der Waals surface area contributed by atoms with Crippen molar-refractivity contribution in [2.24, 2.45) is 18.4 Å². The summed E-state index contributed by atoms with van der Waals surface area (Å²) in [6.45, 7) is 11.0. The van der Waals surface area contributed by atoms with Crippen LogP contribution in [0.3, 0.4) is 0 Å². The van der Waals surface area contributed by atoms with Gasteiger partial charge < -0.3 is 29.5 Å². The first-order valence-electron chi connectivity index (χ1n) is 17.2. The predicted octanol–water partition coefficient (Wildman–Crippen LogP) is 3.81. The molecule has 0 spiro atoms. The normalized spacial score (nSPS) is 24.9. The molecule has 256 valence electrons. The number of piperazine rings is 1. The monoisotopic (exact) mass is 664 g/mol. The zero-order valence-corrected chi connectivity index (χ0v) is 28.5. The molecule has 7 heterocycles. The third kappa shape index (κ3) is 5.61. The number of ether oxygens (including phenoxy) is 1. The summed E-state index contributed by atoms with van der Waals surface area (Å²) in [5.41, 5.74) is 3.97. The fourth-order valence-electron chi connectivity index (χ4n) is 8.35. The number of amides is 1. The van der Waals surface area contributed by atoms with E-state index in [-0.39, 0.29) is 29.5 Å². The Hall–Kier alpha value is -4.52. The van der Waals surface area contributed by atoms with Crippen LogP contribution in [0.25, 0.3) is 11.1 Å². The molecule has 1 aliphatic carbocycles. The zero-order chi connectivity index (χ0) is 34.0. The molecule has 2 N–H and O–H groups in total. The van der Waals surface area contributed by atoms with Crippen LogP contribution in [0.5, 0.6) is 0 Å². The maximum absolute atomic E-state index is 13.8. The van der Waals surface area contributed by atoms with Crippen LogP contribution in [-0.4, -0.2) is 86.3 Å². The number of pyridine rings is 3. The second-order valence-electron chi connectivity index (χ2n) is 14.9. The summed E-state index contributed by atoms with van der Waals surface area (Å²) in [5.74, 6) is 1.11. The summed E-state index contributed by atoms with van der Waals surface area (Å²) < 4.78 is 6.90. The van der Waals surface area contributed by atoms with Gasteiger partial charge in [0.1, 0.15) is 23.0 Å². The highest BCUT2D eigenvalue weighted by molar-refractivity contribution is 6.08. The maximum atomic E-state index is 13.8. The van der Waals surface area contributed by atoms with E-state index < -0.39 is 0 Å². The van der Waals surface area contributed by atoms with Gasteiger partial charge in [0.25, 0.3) is 11.5 Å². The molecule has 3 atom stereocenters. The number of carbonyl (C=O) groups excluding carboxylic acids is 1. The summed E-state index contributed by atoms with van der Waals surface area (Å²) in [4.78, 5) is 44.9. The molecule has 0 aromatic carbocycles. The molecule has 3 aromatic heterocycles. The van der Waals surface area contributed by atoms with E-state index in [1.807, 2.05) is 24.5 Å². The van der Waals surface area contributed by atoms with Crippen molar-refractivity contribution in [3.63, 3.8) is 0 Å². The Morgan fingerprint density at radius 2 is 1.92 bits per heavy atom. The summed E-state index contributed by atoms with van der Waals surface area (Å²) in [6, 6.07) is 8.68. The second-order valence-corrected chi connectivity index (χ2v) is 14.9. The van der Waals surface area contributed by atoms with Gasteiger partial charge in [0, 0.05) is 80.6 Å². The number of fused-ring (bicyclic) bond motifs is 3. The van der Waals surface area contributed by atoms with Crippen molar-refractivity contribution in [2.45, 2.75) is 58.3 Å². The number of aromatic nitrogens is 3. The topological polar surface area (TPSA) is 119 Å². The lowest BCUT2D eigenvalue weighted by molar-refractivity contribution is -0.116. The molecular weight excluding hydrogens is 620 g/mol. The molecule has 1 saturated carbocycles. The van der Waals surface area contributed by atoms with Crippen LogP contribution in [0.2, 0.25) is 0 Å². The Morgan fingerprint density at radius 3 is 2.63 bits per heavy atom. The molecule has 2 unspecified atom stereocenters. The molecule has 2 saturated heterocycles. The second kappa shape index (κ2) is 12.1. The minimum Gasteiger partial charge on any atom is -0.392 e. The Labute approximate surface area is 286 Å². The number of nitrogens with one attached hydrogen (secondary N) is 1. The molecule has 1 amide bonds. The number of aryl methyl sites for hydroxylation is 1. The number of aliphatic hydroxyl groups excluding tert-OH is 1. The van der Waals surface area contributed by atoms with Crippen LogP contribution in [0.1, 0.15) is 39.2 Å². The molecule has 3 fully saturated rings. The third-order valence-corrected chi connectivity index (χ3v) is 10.9. The number of carbonyl (C=O) groups is 1. The van der Waals surface area contributed by atoms with Gasteiger partial charge >= 0.3 is 0 Å². The molecule has 8 rings (SSSR count). The van der Waals surface area contributed by atoms with Gasteiger partial charge in [0.2, 0.25) is 0 Å². The molecule has 0 bridgehead atoms. The standard InChI is InChI=1S/C37H44N8O4/c1-23-18-42(27-21-49-22-27)9-10-43(23)26-5-6-33(39-17-26)40-30-13-25(19-41(4)35(30)47)28-7-8-38-34(29(28)20-46)45-12-11-44-31(36(45)48)14-24-15-37(2,3)16-32(24)44/h5-8,11-14,17,19,23-24,27,32,46H,9-10,15-16,18,20-22H2,1-4H3,(H,39,40)/t23-,24?,32?/m0/s1. The number of rotatable bonds is 7. The van der Waals surface area contributed by atoms with Crippen molar-refractivity contribution < 1.29 is 14.6 Å². The van der Waals surface area contributed by atoms with Gasteiger partial charge in [-0.15, -0.1) is 0 Å². The van der Waals surface area contributed by atoms with Crippen LogP contribution in [0, 0.1) is 11.3 Å². The van der Waals surface area contributed by atoms with Gasteiger partial charge in [0.15, 0.2) is 0 Å². The summed E-state index contributed by atoms with van der Waals surface area (Å²) in [7, 11) is 1.70. The van der Waals surface area contributed by atoms with Gasteiger partial charge in [-0.2, -0.15) is 0 Å². The van der Waals surface area contributed by atoms with E-state index >= 15 is 0 Å². The molecule has 3 aromatic rings. The number of aliphatic hydroxyl groups is 1. The lowest BCUT2D eigenvalue weighted by Crippen LogP contribution is -2.59. The van der Waals surface area contributed by atoms with E-state index in [0.29, 0.717) is 57.7 Å². The lowest BCUT2D eigenvalue weighted by atomic mass is 9.90. The molecule has 0 radical (unpaired) electrons. The quantitative estimate of drug-likeness (QED) is 0.386. The largest absolute Gasteiger partial charge is 0.392 e. The average Bonchev–Trinajstić information content (AvgIpc) is 3.55. The van der Waals surface area contributed by atoms with Crippen LogP contribution in [-0.2, 0) is 23.2 Å². The first-order chi connectivity index (χ1) is 23.6. The number of nitrogens with zero attached hydrogens (tertiary/aromatic N) is 7. The van der Waals surface area contributed by atoms with Crippen LogP contribution in [0.4, 0.5) is 23.0 Å². The minimum atomic E-state index is -0.339. The van der Waals surface area contributed by atoms with Crippen LogP contribution in [0.15, 0.2) is 71.8 Å². The van der Waals surface area contributed by atoms with Gasteiger partial charge in [-0.1, -0.05) is 13.8 Å². The van der Waals surface area contributed by atoms with E-state index in [2.05, 4.69) is 56.8 Å². The summed E-state index contributed by atoms with van der Waals surface area (Å²) in [5, 5.41) is 13.9. The van der Waals surface area contributed by atoms with E-state index in [9.17, 15) is 14.7 Å². The molecule has 4 aliphatic heterocycles. The maximum Gasteiger partial charge on any atom is 0.279 e. The highest BCUT2D eigenvalue weighted by Gasteiger charge is 2.48. The molecule has 12 nitrogen and oxygen atoms in total. The molecule has 12 heteroatoms. The van der Waals surface area contributed by atoms with Crippen molar-refractivity contribution in [1.82, 2.24) is 24.3 Å². The first-order valence-corrected chi connectivity index (χ1v) is 17.2. The third-order valence-electron chi connectivity index (χ3n) is 10.9. The highest BCUT2D eigenvalue weighted by Crippen LogP contribution is 2.50. The number of hydrogen-bond donors (Lipinski definition) is 2. The lowest BCUT2D eigenvalue weighted by Gasteiger charge is -2.46. The van der Waals surface area contributed by atoms with Crippen LogP contribution >= 0.6 is 0 Å². The minimum absolute atomic E-state index is 0.157. The van der Waals surface area contributed by atoms with Crippen molar-refractivity contribution >= 4 is 28.9 Å². The first kappa shape index (κ1) is 31.7. The van der Waals surface area contributed by atoms with Gasteiger partial charge in [-0.25, -0.2) is 9.97 Å². The highest BCUT2D eigenvalue weighted by atomic mass is 16.5. The molecule has 49 heavy (non-hydrogen) atoms.